The van der Waals surface area contributed by atoms with E-state index < -0.39 is 0 Å². The van der Waals surface area contributed by atoms with Crippen LogP contribution in [0.3, 0.4) is 0 Å². The zero-order chi connectivity index (χ0) is 12.8. The molecule has 1 aromatic heterocycles. The molecular formula is C12H20N4S. The zero-order valence-electron chi connectivity index (χ0n) is 10.7. The molecule has 0 unspecified atom stereocenters. The van der Waals surface area contributed by atoms with Crippen LogP contribution in [0.25, 0.3) is 0 Å². The Hall–Kier alpha value is -1.04. The van der Waals surface area contributed by atoms with E-state index in [9.17, 15) is 0 Å². The normalized spacial score (nSPS) is 11.1. The lowest BCUT2D eigenvalue weighted by atomic mass is 10.2. The third kappa shape index (κ3) is 4.77. The van der Waals surface area contributed by atoms with Crippen LogP contribution in [0.1, 0.15) is 11.3 Å². The first-order valence-corrected chi connectivity index (χ1v) is 5.98. The van der Waals surface area contributed by atoms with Crippen LogP contribution in [0, 0.1) is 0 Å². The number of hydrogen-bond acceptors (Lipinski definition) is 4. The van der Waals surface area contributed by atoms with Gasteiger partial charge < -0.3 is 15.5 Å². The van der Waals surface area contributed by atoms with E-state index in [0.717, 1.165) is 30.9 Å². The second kappa shape index (κ2) is 6.64. The molecule has 0 bridgehead atoms. The summed E-state index contributed by atoms with van der Waals surface area (Å²) in [7, 11) is 6.22. The van der Waals surface area contributed by atoms with E-state index in [4.69, 9.17) is 18.0 Å². The highest BCUT2D eigenvalue weighted by molar-refractivity contribution is 7.80. The fourth-order valence-corrected chi connectivity index (χ4v) is 1.71. The molecule has 0 fully saturated rings. The molecule has 17 heavy (non-hydrogen) atoms. The van der Waals surface area contributed by atoms with Gasteiger partial charge in [0, 0.05) is 25.8 Å². The molecule has 0 amide bonds. The summed E-state index contributed by atoms with van der Waals surface area (Å²) in [5, 5.41) is 0. The predicted octanol–water partition coefficient (Wildman–Crippen LogP) is 0.709. The summed E-state index contributed by atoms with van der Waals surface area (Å²) in [6.45, 7) is 2.84. The number of thiocarbonyl (C=S) groups is 1. The molecular weight excluding hydrogens is 232 g/mol. The third-order valence-corrected chi connectivity index (χ3v) is 2.69. The summed E-state index contributed by atoms with van der Waals surface area (Å²) in [6.07, 6.45) is 1.72. The molecule has 0 radical (unpaired) electrons. The maximum atomic E-state index is 5.65. The lowest BCUT2D eigenvalue weighted by Crippen LogP contribution is -2.29. The van der Waals surface area contributed by atoms with Crippen molar-refractivity contribution in [2.24, 2.45) is 5.73 Å². The van der Waals surface area contributed by atoms with Crippen LogP contribution in [0.15, 0.2) is 18.3 Å². The van der Waals surface area contributed by atoms with E-state index >= 15 is 0 Å². The number of pyridine rings is 1. The summed E-state index contributed by atoms with van der Waals surface area (Å²) in [6, 6.07) is 3.94. The Balaban J connectivity index is 2.64. The number of nitrogens with zero attached hydrogens (tertiary/aromatic N) is 3. The van der Waals surface area contributed by atoms with Gasteiger partial charge in [-0.15, -0.1) is 0 Å². The van der Waals surface area contributed by atoms with Crippen LogP contribution >= 0.6 is 12.2 Å². The topological polar surface area (TPSA) is 45.4 Å². The third-order valence-electron chi connectivity index (χ3n) is 2.49. The first-order valence-electron chi connectivity index (χ1n) is 5.57. The minimum atomic E-state index is 0.363. The molecule has 2 N–H and O–H groups in total. The van der Waals surface area contributed by atoms with Gasteiger partial charge in [0.2, 0.25) is 0 Å². The molecule has 0 aromatic carbocycles. The Morgan fingerprint density at radius 3 is 2.65 bits per heavy atom. The van der Waals surface area contributed by atoms with Crippen molar-refractivity contribution in [2.45, 2.75) is 6.54 Å². The highest BCUT2D eigenvalue weighted by atomic mass is 32.1. The van der Waals surface area contributed by atoms with E-state index in [2.05, 4.69) is 35.9 Å². The minimum absolute atomic E-state index is 0.363. The van der Waals surface area contributed by atoms with Crippen LogP contribution in [0.2, 0.25) is 0 Å². The van der Waals surface area contributed by atoms with Gasteiger partial charge in [0.15, 0.2) is 0 Å². The smallest absolute Gasteiger partial charge is 0.123 e. The Kier molecular flexibility index (Phi) is 5.47. The number of nitrogens with two attached hydrogens (primary N) is 1. The van der Waals surface area contributed by atoms with Crippen LogP contribution in [-0.4, -0.2) is 54.0 Å². The number of likely N-dealkylation sites (N-methyl/N-ethyl adjacent to an activating group) is 2. The van der Waals surface area contributed by atoms with Crippen molar-refractivity contribution in [1.82, 2.24) is 14.8 Å². The van der Waals surface area contributed by atoms with Crippen LogP contribution in [0.4, 0.5) is 0 Å². The SMILES string of the molecule is CN(C)CCN(C)Cc1cccnc1C(N)=S. The molecule has 1 rings (SSSR count). The Bertz CT molecular complexity index is 379. The average Bonchev–Trinajstić information content (AvgIpc) is 2.27. The molecule has 4 nitrogen and oxygen atoms in total. The molecule has 0 saturated heterocycles. The fourth-order valence-electron chi connectivity index (χ4n) is 1.53. The van der Waals surface area contributed by atoms with Crippen molar-refractivity contribution in [3.8, 4) is 0 Å². The van der Waals surface area contributed by atoms with Crippen molar-refractivity contribution in [2.75, 3.05) is 34.2 Å². The molecule has 0 saturated carbocycles. The van der Waals surface area contributed by atoms with Gasteiger partial charge in [0.25, 0.3) is 0 Å². The van der Waals surface area contributed by atoms with Gasteiger partial charge in [0.05, 0.1) is 0 Å². The van der Waals surface area contributed by atoms with E-state index in [1.807, 2.05) is 12.1 Å². The molecule has 0 atom stereocenters. The Labute approximate surface area is 108 Å². The number of rotatable bonds is 6. The first-order chi connectivity index (χ1) is 8.00. The highest BCUT2D eigenvalue weighted by Gasteiger charge is 2.08. The standard InChI is InChI=1S/C12H20N4S/c1-15(2)7-8-16(3)9-10-5-4-6-14-11(10)12(13)17/h4-6H,7-9H2,1-3H3,(H2,13,17). The second-order valence-corrected chi connectivity index (χ2v) is 4.86. The monoisotopic (exact) mass is 252 g/mol. The zero-order valence-corrected chi connectivity index (χ0v) is 11.5. The molecule has 0 aliphatic rings. The van der Waals surface area contributed by atoms with Crippen LogP contribution in [0.5, 0.6) is 0 Å². The lowest BCUT2D eigenvalue weighted by Gasteiger charge is -2.20. The quantitative estimate of drug-likeness (QED) is 0.756. The molecule has 1 aromatic rings. The molecule has 0 spiro atoms. The average molecular weight is 252 g/mol. The van der Waals surface area contributed by atoms with Gasteiger partial charge in [-0.05, 0) is 32.8 Å². The van der Waals surface area contributed by atoms with Gasteiger partial charge in [0.1, 0.15) is 10.7 Å². The largest absolute Gasteiger partial charge is 0.388 e. The maximum absolute atomic E-state index is 5.65. The lowest BCUT2D eigenvalue weighted by molar-refractivity contribution is 0.276. The first kappa shape index (κ1) is 14.0. The van der Waals surface area contributed by atoms with Crippen molar-refractivity contribution in [1.29, 1.82) is 0 Å². The summed E-state index contributed by atoms with van der Waals surface area (Å²) >= 11 is 5.00. The molecule has 1 heterocycles. The number of hydrogen-bond donors (Lipinski definition) is 1. The van der Waals surface area contributed by atoms with Crippen LogP contribution in [-0.2, 0) is 6.54 Å². The summed E-state index contributed by atoms with van der Waals surface area (Å²) in [4.78, 5) is 8.98. The van der Waals surface area contributed by atoms with E-state index in [1.54, 1.807) is 6.20 Å². The maximum Gasteiger partial charge on any atom is 0.123 e. The van der Waals surface area contributed by atoms with Gasteiger partial charge in [-0.1, -0.05) is 18.3 Å². The van der Waals surface area contributed by atoms with Crippen LogP contribution < -0.4 is 5.73 Å². The predicted molar refractivity (Wildman–Crippen MR) is 75.0 cm³/mol. The Morgan fingerprint density at radius 2 is 2.06 bits per heavy atom. The second-order valence-electron chi connectivity index (χ2n) is 4.42. The molecule has 5 heteroatoms. The minimum Gasteiger partial charge on any atom is -0.388 e. The number of aromatic nitrogens is 1. The summed E-state index contributed by atoms with van der Waals surface area (Å²) in [5.41, 5.74) is 7.47. The molecule has 0 aliphatic carbocycles. The molecule has 0 aliphatic heterocycles. The van der Waals surface area contributed by atoms with Crippen molar-refractivity contribution < 1.29 is 0 Å². The highest BCUT2D eigenvalue weighted by Crippen LogP contribution is 2.08. The van der Waals surface area contributed by atoms with Gasteiger partial charge in [-0.3, -0.25) is 4.98 Å². The van der Waals surface area contributed by atoms with E-state index in [-0.39, 0.29) is 0 Å². The fraction of sp³-hybridized carbons (Fsp3) is 0.500. The van der Waals surface area contributed by atoms with Gasteiger partial charge in [-0.2, -0.15) is 0 Å². The Morgan fingerprint density at radius 1 is 1.35 bits per heavy atom. The van der Waals surface area contributed by atoms with Gasteiger partial charge in [-0.25, -0.2) is 0 Å². The summed E-state index contributed by atoms with van der Waals surface area (Å²) in [5.74, 6) is 0. The van der Waals surface area contributed by atoms with Crippen molar-refractivity contribution in [3.63, 3.8) is 0 Å². The van der Waals surface area contributed by atoms with E-state index in [1.165, 1.54) is 0 Å². The van der Waals surface area contributed by atoms with Crippen molar-refractivity contribution >= 4 is 17.2 Å². The van der Waals surface area contributed by atoms with Gasteiger partial charge >= 0.3 is 0 Å². The van der Waals surface area contributed by atoms with E-state index in [0.29, 0.717) is 4.99 Å². The van der Waals surface area contributed by atoms with Crippen molar-refractivity contribution in [3.05, 3.63) is 29.6 Å². The summed E-state index contributed by atoms with van der Waals surface area (Å²) < 4.78 is 0. The molecule has 94 valence electrons.